The molecular weight excluding hydrogens is 218 g/mol. The van der Waals surface area contributed by atoms with E-state index in [4.69, 9.17) is 16.2 Å². The molecule has 1 aromatic carbocycles. The van der Waals surface area contributed by atoms with Gasteiger partial charge in [0.1, 0.15) is 0 Å². The summed E-state index contributed by atoms with van der Waals surface area (Å²) in [6.07, 6.45) is 1.97. The molecule has 5 N–H and O–H groups in total. The van der Waals surface area contributed by atoms with E-state index < -0.39 is 5.91 Å². The Labute approximate surface area is 101 Å². The quantitative estimate of drug-likeness (QED) is 0.491. The van der Waals surface area contributed by atoms with Crippen LogP contribution in [0.25, 0.3) is 0 Å². The highest BCUT2D eigenvalue weighted by Crippen LogP contribution is 2.22. The van der Waals surface area contributed by atoms with Gasteiger partial charge in [-0.2, -0.15) is 0 Å². The summed E-state index contributed by atoms with van der Waals surface area (Å²) >= 11 is 0. The largest absolute Gasteiger partial charge is 0.396 e. The third-order valence-corrected chi connectivity index (χ3v) is 2.46. The summed E-state index contributed by atoms with van der Waals surface area (Å²) in [5.41, 5.74) is 12.6. The average molecular weight is 237 g/mol. The fraction of sp³-hybridized carbons (Fsp3) is 0.417. The van der Waals surface area contributed by atoms with E-state index >= 15 is 0 Å². The monoisotopic (exact) mass is 237 g/mol. The Kier molecular flexibility index (Phi) is 5.29. The van der Waals surface area contributed by atoms with Gasteiger partial charge in [0.05, 0.1) is 16.9 Å². The summed E-state index contributed by atoms with van der Waals surface area (Å²) in [5, 5.41) is 3.18. The lowest BCUT2D eigenvalue weighted by Crippen LogP contribution is -2.15. The number of anilines is 2. The molecule has 0 radical (unpaired) electrons. The van der Waals surface area contributed by atoms with Crippen molar-refractivity contribution in [3.8, 4) is 0 Å². The molecule has 1 aromatic rings. The molecule has 0 aliphatic rings. The maximum atomic E-state index is 11.1. The Hall–Kier alpha value is -1.75. The minimum Gasteiger partial charge on any atom is -0.396 e. The number of hydrogen-bond donors (Lipinski definition) is 3. The Bertz CT molecular complexity index is 380. The normalized spacial score (nSPS) is 10.2. The van der Waals surface area contributed by atoms with Crippen LogP contribution in [0.15, 0.2) is 18.2 Å². The molecule has 0 unspecified atom stereocenters. The van der Waals surface area contributed by atoms with Gasteiger partial charge in [-0.05, 0) is 25.0 Å². The van der Waals surface area contributed by atoms with E-state index in [9.17, 15) is 4.79 Å². The van der Waals surface area contributed by atoms with Gasteiger partial charge in [-0.3, -0.25) is 4.79 Å². The van der Waals surface area contributed by atoms with Crippen molar-refractivity contribution in [3.63, 3.8) is 0 Å². The summed E-state index contributed by atoms with van der Waals surface area (Å²) in [4.78, 5) is 11.1. The molecule has 0 saturated heterocycles. The number of primary amides is 1. The maximum Gasteiger partial charge on any atom is 0.250 e. The highest BCUT2D eigenvalue weighted by Gasteiger charge is 2.08. The number of nitrogens with one attached hydrogen (secondary N) is 1. The molecular formula is C12H19N3O2. The molecule has 5 nitrogen and oxygen atoms in total. The van der Waals surface area contributed by atoms with Gasteiger partial charge in [0.15, 0.2) is 0 Å². The number of ether oxygens (including phenoxy) is 1. The predicted molar refractivity (Wildman–Crippen MR) is 69.0 cm³/mol. The second-order valence-electron chi connectivity index (χ2n) is 3.76. The minimum atomic E-state index is -0.509. The van der Waals surface area contributed by atoms with E-state index in [2.05, 4.69) is 5.32 Å². The second kappa shape index (κ2) is 6.75. The van der Waals surface area contributed by atoms with E-state index in [1.54, 1.807) is 19.2 Å². The number of benzene rings is 1. The molecule has 1 rings (SSSR count). The van der Waals surface area contributed by atoms with Crippen molar-refractivity contribution in [2.24, 2.45) is 5.73 Å². The van der Waals surface area contributed by atoms with Crippen LogP contribution in [-0.4, -0.2) is 26.2 Å². The first-order valence-electron chi connectivity index (χ1n) is 5.58. The summed E-state index contributed by atoms with van der Waals surface area (Å²) < 4.78 is 4.95. The number of carbonyl (C=O) groups is 1. The standard InChI is InChI=1S/C12H19N3O2/c1-17-8-3-2-7-15-10-6-4-5-9(11(10)13)12(14)16/h4-6,15H,2-3,7-8,13H2,1H3,(H2,14,16). The number of carbonyl (C=O) groups excluding carboxylic acids is 1. The average Bonchev–Trinajstić information content (AvgIpc) is 2.30. The zero-order valence-electron chi connectivity index (χ0n) is 10.0. The van der Waals surface area contributed by atoms with Crippen molar-refractivity contribution in [1.82, 2.24) is 0 Å². The molecule has 0 bridgehead atoms. The minimum absolute atomic E-state index is 0.354. The topological polar surface area (TPSA) is 90.4 Å². The van der Waals surface area contributed by atoms with E-state index in [1.165, 1.54) is 0 Å². The van der Waals surface area contributed by atoms with E-state index in [1.807, 2.05) is 6.07 Å². The highest BCUT2D eigenvalue weighted by atomic mass is 16.5. The lowest BCUT2D eigenvalue weighted by molar-refractivity contribution is 0.100. The molecule has 17 heavy (non-hydrogen) atoms. The molecule has 5 heteroatoms. The third kappa shape index (κ3) is 3.96. The van der Waals surface area contributed by atoms with Crippen molar-refractivity contribution >= 4 is 17.3 Å². The third-order valence-electron chi connectivity index (χ3n) is 2.46. The molecule has 0 atom stereocenters. The molecule has 1 amide bonds. The van der Waals surface area contributed by atoms with Gasteiger partial charge < -0.3 is 21.5 Å². The first-order chi connectivity index (χ1) is 8.16. The maximum absolute atomic E-state index is 11.1. The zero-order valence-corrected chi connectivity index (χ0v) is 10.0. The van der Waals surface area contributed by atoms with Crippen LogP contribution in [0.2, 0.25) is 0 Å². The molecule has 0 aliphatic carbocycles. The fourth-order valence-corrected chi connectivity index (χ4v) is 1.53. The van der Waals surface area contributed by atoms with Gasteiger partial charge in [-0.15, -0.1) is 0 Å². The number of methoxy groups -OCH3 is 1. The highest BCUT2D eigenvalue weighted by molar-refractivity contribution is 6.00. The van der Waals surface area contributed by atoms with Gasteiger partial charge >= 0.3 is 0 Å². The first kappa shape index (κ1) is 13.3. The molecule has 0 saturated carbocycles. The van der Waals surface area contributed by atoms with Crippen LogP contribution >= 0.6 is 0 Å². The first-order valence-corrected chi connectivity index (χ1v) is 5.58. The van der Waals surface area contributed by atoms with Gasteiger partial charge in [0, 0.05) is 20.3 Å². The SMILES string of the molecule is COCCCCNc1cccc(C(N)=O)c1N. The number of nitrogens with two attached hydrogens (primary N) is 2. The van der Waals surface area contributed by atoms with E-state index in [0.717, 1.165) is 31.7 Å². The molecule has 0 heterocycles. The van der Waals surface area contributed by atoms with Crippen molar-refractivity contribution in [2.45, 2.75) is 12.8 Å². The number of rotatable bonds is 7. The lowest BCUT2D eigenvalue weighted by atomic mass is 10.1. The van der Waals surface area contributed by atoms with Crippen LogP contribution in [0.3, 0.4) is 0 Å². The van der Waals surface area contributed by atoms with Crippen molar-refractivity contribution in [2.75, 3.05) is 31.3 Å². The summed E-state index contributed by atoms with van der Waals surface area (Å²) in [6, 6.07) is 5.21. The van der Waals surface area contributed by atoms with Crippen LogP contribution in [0, 0.1) is 0 Å². The lowest BCUT2D eigenvalue weighted by Gasteiger charge is -2.11. The molecule has 0 spiro atoms. The van der Waals surface area contributed by atoms with Crippen molar-refractivity contribution in [3.05, 3.63) is 23.8 Å². The van der Waals surface area contributed by atoms with Crippen LogP contribution in [0.1, 0.15) is 23.2 Å². The zero-order chi connectivity index (χ0) is 12.7. The van der Waals surface area contributed by atoms with Crippen LogP contribution in [0.4, 0.5) is 11.4 Å². The fourth-order valence-electron chi connectivity index (χ4n) is 1.53. The summed E-state index contributed by atoms with van der Waals surface area (Å²) in [7, 11) is 1.68. The summed E-state index contributed by atoms with van der Waals surface area (Å²) in [6.45, 7) is 1.54. The predicted octanol–water partition coefficient (Wildman–Crippen LogP) is 1.21. The van der Waals surface area contributed by atoms with Gasteiger partial charge in [0.25, 0.3) is 5.91 Å². The smallest absolute Gasteiger partial charge is 0.250 e. The molecule has 94 valence electrons. The van der Waals surface area contributed by atoms with Crippen LogP contribution in [-0.2, 0) is 4.74 Å². The Morgan fingerprint density at radius 2 is 2.18 bits per heavy atom. The van der Waals surface area contributed by atoms with E-state index in [0.29, 0.717) is 11.3 Å². The molecule has 0 fully saturated rings. The number of amides is 1. The second-order valence-corrected chi connectivity index (χ2v) is 3.76. The number of unbranched alkanes of at least 4 members (excludes halogenated alkanes) is 1. The molecule has 0 aromatic heterocycles. The van der Waals surface area contributed by atoms with Crippen LogP contribution in [0.5, 0.6) is 0 Å². The van der Waals surface area contributed by atoms with E-state index in [-0.39, 0.29) is 0 Å². The van der Waals surface area contributed by atoms with Gasteiger partial charge in [-0.25, -0.2) is 0 Å². The number of nitrogen functional groups attached to an aromatic ring is 1. The van der Waals surface area contributed by atoms with Crippen molar-refractivity contribution in [1.29, 1.82) is 0 Å². The van der Waals surface area contributed by atoms with Gasteiger partial charge in [-0.1, -0.05) is 6.07 Å². The Morgan fingerprint density at radius 3 is 2.82 bits per heavy atom. The Morgan fingerprint density at radius 1 is 1.41 bits per heavy atom. The Balaban J connectivity index is 2.54. The van der Waals surface area contributed by atoms with Crippen LogP contribution < -0.4 is 16.8 Å². The molecule has 0 aliphatic heterocycles. The number of hydrogen-bond acceptors (Lipinski definition) is 4. The summed E-state index contributed by atoms with van der Waals surface area (Å²) in [5.74, 6) is -0.509. The van der Waals surface area contributed by atoms with Crippen molar-refractivity contribution < 1.29 is 9.53 Å². The number of para-hydroxylation sites is 1. The van der Waals surface area contributed by atoms with Gasteiger partial charge in [0.2, 0.25) is 0 Å².